The van der Waals surface area contributed by atoms with Crippen LogP contribution in [0.3, 0.4) is 0 Å². The number of carbonyl (C=O) groups excluding carboxylic acids is 2. The lowest BCUT2D eigenvalue weighted by Crippen LogP contribution is -2.49. The highest BCUT2D eigenvalue weighted by molar-refractivity contribution is 5.94. The smallest absolute Gasteiger partial charge is 0.238 e. The van der Waals surface area contributed by atoms with E-state index < -0.39 is 5.82 Å². The first-order chi connectivity index (χ1) is 14.4. The number of ether oxygens (including phenoxy) is 2. The molecule has 1 N–H and O–H groups in total. The Labute approximate surface area is 175 Å². The van der Waals surface area contributed by atoms with E-state index in [0.29, 0.717) is 54.6 Å². The van der Waals surface area contributed by atoms with Gasteiger partial charge in [0.25, 0.3) is 0 Å². The molecule has 0 saturated carbocycles. The van der Waals surface area contributed by atoms with Crippen molar-refractivity contribution in [3.05, 3.63) is 47.8 Å². The molecule has 0 aliphatic carbocycles. The summed E-state index contributed by atoms with van der Waals surface area (Å²) in [4.78, 5) is 27.8. The van der Waals surface area contributed by atoms with Gasteiger partial charge in [-0.1, -0.05) is 0 Å². The summed E-state index contributed by atoms with van der Waals surface area (Å²) in [5.74, 6) is 0.454. The van der Waals surface area contributed by atoms with E-state index in [4.69, 9.17) is 9.47 Å². The molecule has 1 amide bonds. The van der Waals surface area contributed by atoms with Gasteiger partial charge in [0.15, 0.2) is 5.78 Å². The molecule has 2 aromatic rings. The van der Waals surface area contributed by atoms with Crippen LogP contribution < -0.4 is 19.7 Å². The lowest BCUT2D eigenvalue weighted by molar-refractivity contribution is -0.117. The van der Waals surface area contributed by atoms with Crippen molar-refractivity contribution in [1.82, 2.24) is 4.90 Å². The average Bonchev–Trinajstić information content (AvgIpc) is 2.74. The third-order valence-corrected chi connectivity index (χ3v) is 5.12. The maximum absolute atomic E-state index is 14.4. The summed E-state index contributed by atoms with van der Waals surface area (Å²) in [5.41, 5.74) is 1.42. The van der Waals surface area contributed by atoms with Crippen molar-refractivity contribution in [1.29, 1.82) is 0 Å². The number of amides is 1. The number of nitrogens with one attached hydrogen (secondary N) is 1. The Morgan fingerprint density at radius 1 is 1.03 bits per heavy atom. The first-order valence-corrected chi connectivity index (χ1v) is 9.71. The predicted octanol–water partition coefficient (Wildman–Crippen LogP) is 2.81. The van der Waals surface area contributed by atoms with Gasteiger partial charge in [-0.3, -0.25) is 14.5 Å². The first-order valence-electron chi connectivity index (χ1n) is 9.71. The zero-order valence-corrected chi connectivity index (χ0v) is 17.4. The fraction of sp³-hybridized carbons (Fsp3) is 0.364. The summed E-state index contributed by atoms with van der Waals surface area (Å²) < 4.78 is 24.8. The molecule has 7 nitrogen and oxygen atoms in total. The fourth-order valence-corrected chi connectivity index (χ4v) is 3.42. The molecule has 1 aliphatic rings. The standard InChI is InChI=1S/C22H26FN3O4/c1-15(27)16-4-7-20(18(23)12-16)26-10-8-25(9-11-26)14-22(28)24-19-6-5-17(29-2)13-21(19)30-3/h4-7,12-13H,8-11,14H2,1-3H3,(H,24,28). The molecular formula is C22H26FN3O4. The Kier molecular flexibility index (Phi) is 6.89. The number of hydrogen-bond acceptors (Lipinski definition) is 6. The fourth-order valence-electron chi connectivity index (χ4n) is 3.42. The Bertz CT molecular complexity index is 927. The molecular weight excluding hydrogens is 389 g/mol. The summed E-state index contributed by atoms with van der Waals surface area (Å²) in [5, 5.41) is 2.86. The number of anilines is 2. The second-order valence-electron chi connectivity index (χ2n) is 7.10. The quantitative estimate of drug-likeness (QED) is 0.702. The summed E-state index contributed by atoms with van der Waals surface area (Å²) in [6, 6.07) is 9.76. The summed E-state index contributed by atoms with van der Waals surface area (Å²) in [6.07, 6.45) is 0. The van der Waals surface area contributed by atoms with Crippen LogP contribution in [-0.2, 0) is 4.79 Å². The summed E-state index contributed by atoms with van der Waals surface area (Å²) >= 11 is 0. The maximum Gasteiger partial charge on any atom is 0.238 e. The van der Waals surface area contributed by atoms with Gasteiger partial charge in [0.1, 0.15) is 17.3 Å². The van der Waals surface area contributed by atoms with Crippen LogP contribution in [0.2, 0.25) is 0 Å². The summed E-state index contributed by atoms with van der Waals surface area (Å²) in [6.45, 7) is 4.08. The number of benzene rings is 2. The number of carbonyl (C=O) groups is 2. The molecule has 1 fully saturated rings. The van der Waals surface area contributed by atoms with Crippen LogP contribution in [0.15, 0.2) is 36.4 Å². The minimum absolute atomic E-state index is 0.149. The number of methoxy groups -OCH3 is 2. The predicted molar refractivity (Wildman–Crippen MR) is 113 cm³/mol. The number of hydrogen-bond donors (Lipinski definition) is 1. The van der Waals surface area contributed by atoms with Crippen LogP contribution in [0, 0.1) is 5.82 Å². The maximum atomic E-state index is 14.4. The van der Waals surface area contributed by atoms with E-state index in [-0.39, 0.29) is 18.2 Å². The van der Waals surface area contributed by atoms with Crippen LogP contribution in [0.1, 0.15) is 17.3 Å². The number of ketones is 1. The average molecular weight is 415 g/mol. The Morgan fingerprint density at radius 2 is 1.77 bits per heavy atom. The monoisotopic (exact) mass is 415 g/mol. The van der Waals surface area contributed by atoms with Crippen LogP contribution in [0.5, 0.6) is 11.5 Å². The van der Waals surface area contributed by atoms with Gasteiger partial charge < -0.3 is 19.7 Å². The summed E-state index contributed by atoms with van der Waals surface area (Å²) in [7, 11) is 3.10. The molecule has 1 saturated heterocycles. The van der Waals surface area contributed by atoms with Gasteiger partial charge in [-0.15, -0.1) is 0 Å². The molecule has 0 bridgehead atoms. The van der Waals surface area contributed by atoms with Crippen molar-refractivity contribution in [2.75, 3.05) is 57.2 Å². The number of halogens is 1. The SMILES string of the molecule is COc1ccc(NC(=O)CN2CCN(c3ccc(C(C)=O)cc3F)CC2)c(OC)c1. The van der Waals surface area contributed by atoms with Crippen molar-refractivity contribution >= 4 is 23.1 Å². The van der Waals surface area contributed by atoms with Crippen LogP contribution >= 0.6 is 0 Å². The molecule has 160 valence electrons. The highest BCUT2D eigenvalue weighted by Crippen LogP contribution is 2.29. The van der Waals surface area contributed by atoms with Crippen LogP contribution in [-0.4, -0.2) is 63.5 Å². The third kappa shape index (κ3) is 5.07. The van der Waals surface area contributed by atoms with Gasteiger partial charge in [0.2, 0.25) is 5.91 Å². The van der Waals surface area contributed by atoms with Gasteiger partial charge >= 0.3 is 0 Å². The molecule has 1 heterocycles. The molecule has 0 atom stereocenters. The third-order valence-electron chi connectivity index (χ3n) is 5.12. The van der Waals surface area contributed by atoms with E-state index in [2.05, 4.69) is 5.32 Å². The van der Waals surface area contributed by atoms with E-state index >= 15 is 0 Å². The Morgan fingerprint density at radius 3 is 2.37 bits per heavy atom. The van der Waals surface area contributed by atoms with Gasteiger partial charge in [0, 0.05) is 37.8 Å². The van der Waals surface area contributed by atoms with Gasteiger partial charge in [-0.25, -0.2) is 4.39 Å². The lowest BCUT2D eigenvalue weighted by Gasteiger charge is -2.35. The molecule has 0 unspecified atom stereocenters. The van der Waals surface area contributed by atoms with Crippen molar-refractivity contribution < 1.29 is 23.5 Å². The first kappa shape index (κ1) is 21.6. The topological polar surface area (TPSA) is 71.1 Å². The van der Waals surface area contributed by atoms with Crippen LogP contribution in [0.25, 0.3) is 0 Å². The van der Waals surface area contributed by atoms with E-state index in [9.17, 15) is 14.0 Å². The normalized spacial score (nSPS) is 14.3. The molecule has 0 aromatic heterocycles. The number of piperazine rings is 1. The van der Waals surface area contributed by atoms with E-state index in [1.54, 1.807) is 37.4 Å². The van der Waals surface area contributed by atoms with Crippen LogP contribution in [0.4, 0.5) is 15.8 Å². The number of nitrogens with zero attached hydrogens (tertiary/aromatic N) is 2. The Hall–Kier alpha value is -3.13. The second kappa shape index (κ2) is 9.58. The van der Waals surface area contributed by atoms with E-state index in [0.717, 1.165) is 0 Å². The van der Waals surface area contributed by atoms with Crippen molar-refractivity contribution in [3.8, 4) is 11.5 Å². The van der Waals surface area contributed by atoms with E-state index in [1.165, 1.54) is 20.1 Å². The molecule has 1 aliphatic heterocycles. The molecule has 3 rings (SSSR count). The minimum Gasteiger partial charge on any atom is -0.497 e. The van der Waals surface area contributed by atoms with Gasteiger partial charge in [-0.2, -0.15) is 0 Å². The van der Waals surface area contributed by atoms with E-state index in [1.807, 2.05) is 9.80 Å². The number of Topliss-reactive ketones (excluding diaryl/α,β-unsaturated/α-hetero) is 1. The van der Waals surface area contributed by atoms with Gasteiger partial charge in [0.05, 0.1) is 32.1 Å². The van der Waals surface area contributed by atoms with Crippen molar-refractivity contribution in [2.45, 2.75) is 6.92 Å². The Balaban J connectivity index is 1.55. The minimum atomic E-state index is -0.402. The zero-order chi connectivity index (χ0) is 21.7. The van der Waals surface area contributed by atoms with Crippen molar-refractivity contribution in [3.63, 3.8) is 0 Å². The lowest BCUT2D eigenvalue weighted by atomic mass is 10.1. The number of rotatable bonds is 7. The van der Waals surface area contributed by atoms with Crippen molar-refractivity contribution in [2.24, 2.45) is 0 Å². The molecule has 30 heavy (non-hydrogen) atoms. The second-order valence-corrected chi connectivity index (χ2v) is 7.10. The highest BCUT2D eigenvalue weighted by atomic mass is 19.1. The molecule has 8 heteroatoms. The zero-order valence-electron chi connectivity index (χ0n) is 17.4. The molecule has 0 radical (unpaired) electrons. The largest absolute Gasteiger partial charge is 0.497 e. The van der Waals surface area contributed by atoms with Gasteiger partial charge in [-0.05, 0) is 37.3 Å². The highest BCUT2D eigenvalue weighted by Gasteiger charge is 2.22. The molecule has 0 spiro atoms. The molecule has 2 aromatic carbocycles.